The monoisotopic (exact) mass is 375 g/mol. The van der Waals surface area contributed by atoms with Crippen LogP contribution in [0.2, 0.25) is 5.02 Å². The van der Waals surface area contributed by atoms with Gasteiger partial charge < -0.3 is 4.74 Å². The van der Waals surface area contributed by atoms with E-state index >= 15 is 0 Å². The molecule has 0 saturated heterocycles. The molecule has 0 aromatic heterocycles. The van der Waals surface area contributed by atoms with Gasteiger partial charge in [0, 0.05) is 6.26 Å². The molecule has 2 aromatic carbocycles. The summed E-state index contributed by atoms with van der Waals surface area (Å²) in [6, 6.07) is 9.56. The van der Waals surface area contributed by atoms with Crippen LogP contribution in [0.25, 0.3) is 0 Å². The second kappa shape index (κ2) is 6.38. The van der Waals surface area contributed by atoms with Crippen molar-refractivity contribution in [2.75, 3.05) is 18.1 Å². The summed E-state index contributed by atoms with van der Waals surface area (Å²) in [5, 5.41) is 0.0921. The fraction of sp³-hybridized carbons (Fsp3) is 0.143. The number of halogens is 1. The number of hydrogen-bond donors (Lipinski definition) is 1. The first-order valence-electron chi connectivity index (χ1n) is 6.30. The van der Waals surface area contributed by atoms with Gasteiger partial charge in [-0.3, -0.25) is 4.72 Å². The Balaban J connectivity index is 2.40. The molecule has 0 aliphatic carbocycles. The van der Waals surface area contributed by atoms with E-state index in [4.69, 9.17) is 16.3 Å². The highest BCUT2D eigenvalue weighted by molar-refractivity contribution is 7.92. The van der Waals surface area contributed by atoms with E-state index in [1.807, 2.05) is 0 Å². The van der Waals surface area contributed by atoms with E-state index in [0.717, 1.165) is 6.26 Å². The molecule has 2 rings (SSSR count). The Labute approximate surface area is 140 Å². The lowest BCUT2D eigenvalue weighted by Crippen LogP contribution is -2.13. The van der Waals surface area contributed by atoms with E-state index in [9.17, 15) is 16.8 Å². The van der Waals surface area contributed by atoms with E-state index in [2.05, 4.69) is 4.72 Å². The third-order valence-corrected chi connectivity index (χ3v) is 5.80. The van der Waals surface area contributed by atoms with Crippen LogP contribution in [-0.2, 0) is 19.9 Å². The fourth-order valence-corrected chi connectivity index (χ4v) is 3.71. The smallest absolute Gasteiger partial charge is 0.261 e. The largest absolute Gasteiger partial charge is 0.497 e. The lowest BCUT2D eigenvalue weighted by Gasteiger charge is -2.11. The number of rotatable bonds is 5. The highest BCUT2D eigenvalue weighted by atomic mass is 35.5. The van der Waals surface area contributed by atoms with Gasteiger partial charge in [0.25, 0.3) is 10.0 Å². The molecule has 0 aliphatic heterocycles. The zero-order valence-corrected chi connectivity index (χ0v) is 14.7. The maximum Gasteiger partial charge on any atom is 0.261 e. The highest BCUT2D eigenvalue weighted by Crippen LogP contribution is 2.28. The predicted molar refractivity (Wildman–Crippen MR) is 88.4 cm³/mol. The molecule has 124 valence electrons. The Hall–Kier alpha value is -1.77. The molecule has 1 N–H and O–H groups in total. The van der Waals surface area contributed by atoms with Gasteiger partial charge in [-0.25, -0.2) is 16.8 Å². The number of ether oxygens (including phenoxy) is 1. The van der Waals surface area contributed by atoms with E-state index in [-0.39, 0.29) is 20.5 Å². The summed E-state index contributed by atoms with van der Waals surface area (Å²) in [7, 11) is -5.92. The first-order valence-corrected chi connectivity index (χ1v) is 10.1. The summed E-state index contributed by atoms with van der Waals surface area (Å²) in [5.74, 6) is 0.515. The molecule has 2 aromatic rings. The van der Waals surface area contributed by atoms with Crippen LogP contribution in [0.5, 0.6) is 5.75 Å². The van der Waals surface area contributed by atoms with Gasteiger partial charge in [0.1, 0.15) is 5.75 Å². The minimum atomic E-state index is -3.91. The molecule has 0 atom stereocenters. The normalized spacial score (nSPS) is 12.0. The molecule has 0 radical (unpaired) electrons. The SMILES string of the molecule is COc1ccc(S(=O)(=O)Nc2cc(S(C)(=O)=O)ccc2Cl)cc1. The van der Waals surface area contributed by atoms with Crippen LogP contribution < -0.4 is 9.46 Å². The van der Waals surface area contributed by atoms with Gasteiger partial charge in [-0.15, -0.1) is 0 Å². The Morgan fingerprint density at radius 1 is 0.957 bits per heavy atom. The van der Waals surface area contributed by atoms with Crippen LogP contribution in [0.1, 0.15) is 0 Å². The number of sulfonamides is 1. The topological polar surface area (TPSA) is 89.5 Å². The van der Waals surface area contributed by atoms with Crippen molar-refractivity contribution >= 4 is 37.1 Å². The van der Waals surface area contributed by atoms with Crippen molar-refractivity contribution < 1.29 is 21.6 Å². The van der Waals surface area contributed by atoms with Gasteiger partial charge in [0.05, 0.1) is 27.6 Å². The number of nitrogens with one attached hydrogen (secondary N) is 1. The summed E-state index contributed by atoms with van der Waals surface area (Å²) in [6.45, 7) is 0. The summed E-state index contributed by atoms with van der Waals surface area (Å²) < 4.78 is 55.1. The van der Waals surface area contributed by atoms with E-state index in [0.29, 0.717) is 5.75 Å². The van der Waals surface area contributed by atoms with Crippen molar-refractivity contribution in [1.82, 2.24) is 0 Å². The first kappa shape index (κ1) is 17.6. The zero-order chi connectivity index (χ0) is 17.3. The minimum absolute atomic E-state index is 0.000810. The van der Waals surface area contributed by atoms with Gasteiger partial charge in [-0.2, -0.15) is 0 Å². The number of sulfone groups is 1. The van der Waals surface area contributed by atoms with Crippen molar-refractivity contribution in [2.24, 2.45) is 0 Å². The second-order valence-electron chi connectivity index (χ2n) is 4.69. The molecule has 0 aliphatic rings. The zero-order valence-electron chi connectivity index (χ0n) is 12.3. The van der Waals surface area contributed by atoms with E-state index in [1.54, 1.807) is 0 Å². The standard InChI is InChI=1S/C14H14ClNO5S2/c1-21-10-3-5-11(6-4-10)23(19,20)16-14-9-12(22(2,17)18)7-8-13(14)15/h3-9,16H,1-2H3. The van der Waals surface area contributed by atoms with Crippen LogP contribution in [-0.4, -0.2) is 30.2 Å². The third kappa shape index (κ3) is 4.15. The number of hydrogen-bond acceptors (Lipinski definition) is 5. The van der Waals surface area contributed by atoms with Crippen molar-refractivity contribution in [3.05, 3.63) is 47.5 Å². The Morgan fingerprint density at radius 2 is 1.52 bits per heavy atom. The van der Waals surface area contributed by atoms with Crippen LogP contribution in [0.4, 0.5) is 5.69 Å². The molecule has 23 heavy (non-hydrogen) atoms. The third-order valence-electron chi connectivity index (χ3n) is 2.98. The van der Waals surface area contributed by atoms with Gasteiger partial charge in [-0.05, 0) is 42.5 Å². The molecular formula is C14H14ClNO5S2. The average molecular weight is 376 g/mol. The number of methoxy groups -OCH3 is 1. The van der Waals surface area contributed by atoms with Gasteiger partial charge >= 0.3 is 0 Å². The maximum absolute atomic E-state index is 12.4. The van der Waals surface area contributed by atoms with E-state index < -0.39 is 19.9 Å². The van der Waals surface area contributed by atoms with Crippen LogP contribution in [0.15, 0.2) is 52.3 Å². The Kier molecular flexibility index (Phi) is 4.88. The fourth-order valence-electron chi connectivity index (χ4n) is 1.77. The molecule has 0 amide bonds. The molecule has 0 unspecified atom stereocenters. The molecule has 0 heterocycles. The average Bonchev–Trinajstić information content (AvgIpc) is 2.48. The van der Waals surface area contributed by atoms with Gasteiger partial charge in [0.15, 0.2) is 9.84 Å². The van der Waals surface area contributed by atoms with Gasteiger partial charge in [0.2, 0.25) is 0 Å². The molecule has 0 saturated carbocycles. The lowest BCUT2D eigenvalue weighted by atomic mass is 10.3. The molecule has 6 nitrogen and oxygen atoms in total. The van der Waals surface area contributed by atoms with E-state index in [1.165, 1.54) is 49.6 Å². The Morgan fingerprint density at radius 3 is 2.04 bits per heavy atom. The van der Waals surface area contributed by atoms with Crippen molar-refractivity contribution in [2.45, 2.75) is 9.79 Å². The molecule has 9 heteroatoms. The Bertz CT molecular complexity index is 922. The second-order valence-corrected chi connectivity index (χ2v) is 8.80. The minimum Gasteiger partial charge on any atom is -0.497 e. The summed E-state index contributed by atoms with van der Waals surface area (Å²) in [6.07, 6.45) is 1.03. The molecular weight excluding hydrogens is 362 g/mol. The molecule has 0 fully saturated rings. The molecule has 0 bridgehead atoms. The van der Waals surface area contributed by atoms with Crippen molar-refractivity contribution in [1.29, 1.82) is 0 Å². The van der Waals surface area contributed by atoms with Crippen LogP contribution in [0, 0.1) is 0 Å². The summed E-state index contributed by atoms with van der Waals surface area (Å²) in [4.78, 5) is -0.0338. The number of anilines is 1. The molecule has 0 spiro atoms. The van der Waals surface area contributed by atoms with Crippen molar-refractivity contribution in [3.63, 3.8) is 0 Å². The maximum atomic E-state index is 12.4. The summed E-state index contributed by atoms with van der Waals surface area (Å²) in [5.41, 5.74) is -0.00888. The highest BCUT2D eigenvalue weighted by Gasteiger charge is 2.18. The van der Waals surface area contributed by atoms with Crippen LogP contribution >= 0.6 is 11.6 Å². The number of benzene rings is 2. The predicted octanol–water partition coefficient (Wildman–Crippen LogP) is 2.55. The van der Waals surface area contributed by atoms with Gasteiger partial charge in [-0.1, -0.05) is 11.6 Å². The first-order chi connectivity index (χ1) is 10.6. The quantitative estimate of drug-likeness (QED) is 0.867. The van der Waals surface area contributed by atoms with Crippen molar-refractivity contribution in [3.8, 4) is 5.75 Å². The lowest BCUT2D eigenvalue weighted by molar-refractivity contribution is 0.414. The summed E-state index contributed by atoms with van der Waals surface area (Å²) >= 11 is 5.95. The van der Waals surface area contributed by atoms with Crippen LogP contribution in [0.3, 0.4) is 0 Å².